The normalized spacial score (nSPS) is 20.2. The van der Waals surface area contributed by atoms with Gasteiger partial charge in [0.1, 0.15) is 25.0 Å². The number of carbonyl (C=O) groups excluding carboxylic acids is 2. The zero-order valence-electron chi connectivity index (χ0n) is 17.5. The Morgan fingerprint density at radius 3 is 2.52 bits per heavy atom. The van der Waals surface area contributed by atoms with Crippen molar-refractivity contribution in [1.82, 2.24) is 49.5 Å². The van der Waals surface area contributed by atoms with Crippen LogP contribution in [0.1, 0.15) is 26.5 Å². The molecule has 0 radical (unpaired) electrons. The van der Waals surface area contributed by atoms with Gasteiger partial charge in [-0.3, -0.25) is 14.2 Å². The number of hydrogen-bond acceptors (Lipinski definition) is 12. The molecule has 1 aliphatic rings. The van der Waals surface area contributed by atoms with E-state index < -0.39 is 30.4 Å². The monoisotopic (exact) mass is 454 g/mol. The van der Waals surface area contributed by atoms with Crippen molar-refractivity contribution in [3.63, 3.8) is 0 Å². The molecule has 0 spiro atoms. The van der Waals surface area contributed by atoms with Gasteiger partial charge >= 0.3 is 11.9 Å². The van der Waals surface area contributed by atoms with Crippen LogP contribution in [0.15, 0.2) is 31.1 Å². The zero-order valence-corrected chi connectivity index (χ0v) is 17.5. The van der Waals surface area contributed by atoms with Gasteiger partial charge in [0.15, 0.2) is 17.0 Å². The molecule has 33 heavy (non-hydrogen) atoms. The fourth-order valence-electron chi connectivity index (χ4n) is 3.56. The molecule has 5 heterocycles. The average Bonchev–Trinajstić information content (AvgIpc) is 3.58. The number of imidazole rings is 1. The molecule has 15 nitrogen and oxygen atoms in total. The standard InChI is InChI=1S/C18H18N10O5/c1-10(29)31-8-13-12(32-11(2)30)7-14(33-13)26-9-19-15-16(26)22-18(28-6-4-21-25-28)23-17(15)27-5-3-20-24-27/h3-6,9,12-14H,7-8H2,1-2H3. The number of carbonyl (C=O) groups is 2. The minimum atomic E-state index is -0.647. The first-order chi connectivity index (χ1) is 16.0. The highest BCUT2D eigenvalue weighted by Gasteiger charge is 2.40. The molecule has 0 saturated carbocycles. The van der Waals surface area contributed by atoms with Crippen LogP contribution in [0.4, 0.5) is 0 Å². The number of ether oxygens (including phenoxy) is 3. The van der Waals surface area contributed by atoms with E-state index in [1.54, 1.807) is 23.3 Å². The van der Waals surface area contributed by atoms with Crippen LogP contribution < -0.4 is 0 Å². The summed E-state index contributed by atoms with van der Waals surface area (Å²) in [4.78, 5) is 36.4. The van der Waals surface area contributed by atoms with E-state index in [2.05, 4.69) is 35.6 Å². The average molecular weight is 454 g/mol. The summed E-state index contributed by atoms with van der Waals surface area (Å²) in [6, 6.07) is 0. The number of nitrogens with zero attached hydrogens (tertiary/aromatic N) is 10. The number of esters is 2. The Bertz CT molecular complexity index is 1290. The second-order valence-electron chi connectivity index (χ2n) is 7.18. The van der Waals surface area contributed by atoms with E-state index in [1.807, 2.05) is 0 Å². The third kappa shape index (κ3) is 4.00. The van der Waals surface area contributed by atoms with Crippen molar-refractivity contribution in [3.8, 4) is 11.8 Å². The molecule has 0 N–H and O–H groups in total. The van der Waals surface area contributed by atoms with E-state index in [0.29, 0.717) is 23.4 Å². The van der Waals surface area contributed by atoms with E-state index in [0.717, 1.165) is 0 Å². The Morgan fingerprint density at radius 1 is 1.09 bits per heavy atom. The molecule has 1 saturated heterocycles. The third-order valence-corrected chi connectivity index (χ3v) is 4.92. The smallest absolute Gasteiger partial charge is 0.303 e. The number of hydrogen-bond donors (Lipinski definition) is 0. The van der Waals surface area contributed by atoms with Crippen molar-refractivity contribution in [1.29, 1.82) is 0 Å². The molecule has 3 atom stereocenters. The first kappa shape index (κ1) is 20.6. The van der Waals surface area contributed by atoms with E-state index in [9.17, 15) is 9.59 Å². The molecule has 15 heteroatoms. The van der Waals surface area contributed by atoms with Gasteiger partial charge in [0.25, 0.3) is 5.95 Å². The van der Waals surface area contributed by atoms with E-state index in [1.165, 1.54) is 35.6 Å². The summed E-state index contributed by atoms with van der Waals surface area (Å²) < 4.78 is 21.1. The SMILES string of the molecule is CC(=O)OCC1OC(n2cnc3c(-n4ccnn4)nc(-n4ccnn4)nc32)CC1OC(C)=O. The van der Waals surface area contributed by atoms with Crippen molar-refractivity contribution >= 4 is 23.1 Å². The van der Waals surface area contributed by atoms with Crippen molar-refractivity contribution in [2.24, 2.45) is 0 Å². The number of aromatic nitrogens is 10. The van der Waals surface area contributed by atoms with Gasteiger partial charge < -0.3 is 14.2 Å². The second-order valence-corrected chi connectivity index (χ2v) is 7.18. The molecule has 1 fully saturated rings. The number of rotatable bonds is 6. The first-order valence-corrected chi connectivity index (χ1v) is 9.93. The highest BCUT2D eigenvalue weighted by molar-refractivity contribution is 5.79. The Kier molecular flexibility index (Phi) is 5.21. The Balaban J connectivity index is 1.55. The molecule has 0 amide bonds. The molecule has 1 aliphatic heterocycles. The number of fused-ring (bicyclic) bond motifs is 1. The van der Waals surface area contributed by atoms with Crippen LogP contribution in [-0.2, 0) is 23.8 Å². The molecule has 0 aromatic carbocycles. The molecule has 0 aliphatic carbocycles. The maximum absolute atomic E-state index is 11.6. The summed E-state index contributed by atoms with van der Waals surface area (Å²) in [5, 5.41) is 15.6. The van der Waals surface area contributed by atoms with Crippen molar-refractivity contribution in [3.05, 3.63) is 31.1 Å². The maximum atomic E-state index is 11.6. The lowest BCUT2D eigenvalue weighted by Crippen LogP contribution is -2.31. The topological polar surface area (TPSA) is 167 Å². The Morgan fingerprint density at radius 2 is 1.85 bits per heavy atom. The molecule has 4 aromatic rings. The second kappa shape index (κ2) is 8.34. The summed E-state index contributed by atoms with van der Waals surface area (Å²) >= 11 is 0. The predicted molar refractivity (Wildman–Crippen MR) is 106 cm³/mol. The Labute approximate surface area is 185 Å². The van der Waals surface area contributed by atoms with Gasteiger partial charge in [-0.25, -0.2) is 4.98 Å². The summed E-state index contributed by atoms with van der Waals surface area (Å²) in [6.07, 6.45) is 6.25. The van der Waals surface area contributed by atoms with Gasteiger partial charge in [-0.1, -0.05) is 10.4 Å². The molecular weight excluding hydrogens is 436 g/mol. The van der Waals surface area contributed by atoms with Crippen LogP contribution in [0, 0.1) is 0 Å². The lowest BCUT2D eigenvalue weighted by atomic mass is 10.2. The summed E-state index contributed by atoms with van der Waals surface area (Å²) in [5.74, 6) is -0.304. The third-order valence-electron chi connectivity index (χ3n) is 4.92. The van der Waals surface area contributed by atoms with Crippen molar-refractivity contribution in [2.45, 2.75) is 38.7 Å². The lowest BCUT2D eigenvalue weighted by Gasteiger charge is -2.17. The molecule has 0 bridgehead atoms. The summed E-state index contributed by atoms with van der Waals surface area (Å²) in [7, 11) is 0. The van der Waals surface area contributed by atoms with Gasteiger partial charge in [0.2, 0.25) is 0 Å². The lowest BCUT2D eigenvalue weighted by molar-refractivity contribution is -0.155. The van der Waals surface area contributed by atoms with Gasteiger partial charge in [-0.05, 0) is 0 Å². The van der Waals surface area contributed by atoms with Gasteiger partial charge in [-0.2, -0.15) is 19.3 Å². The predicted octanol–water partition coefficient (Wildman–Crippen LogP) is -0.230. The van der Waals surface area contributed by atoms with Crippen LogP contribution >= 0.6 is 0 Å². The quantitative estimate of drug-likeness (QED) is 0.352. The Hall–Kier alpha value is -4.27. The maximum Gasteiger partial charge on any atom is 0.303 e. The highest BCUT2D eigenvalue weighted by atomic mass is 16.6. The molecule has 3 unspecified atom stereocenters. The first-order valence-electron chi connectivity index (χ1n) is 9.93. The minimum absolute atomic E-state index is 0.0557. The molecular formula is C18H18N10O5. The summed E-state index contributed by atoms with van der Waals surface area (Å²) in [5.41, 5.74) is 0.876. The van der Waals surface area contributed by atoms with E-state index in [4.69, 9.17) is 14.2 Å². The zero-order chi connectivity index (χ0) is 22.9. The van der Waals surface area contributed by atoms with Gasteiger partial charge in [0.05, 0.1) is 31.1 Å². The van der Waals surface area contributed by atoms with E-state index in [-0.39, 0.29) is 12.6 Å². The fraction of sp³-hybridized carbons (Fsp3) is 0.389. The largest absolute Gasteiger partial charge is 0.463 e. The van der Waals surface area contributed by atoms with Crippen molar-refractivity contribution in [2.75, 3.05) is 6.61 Å². The highest BCUT2D eigenvalue weighted by Crippen LogP contribution is 2.33. The van der Waals surface area contributed by atoms with Gasteiger partial charge in [0, 0.05) is 20.3 Å². The molecule has 4 aromatic heterocycles. The van der Waals surface area contributed by atoms with E-state index >= 15 is 0 Å². The molecule has 5 rings (SSSR count). The van der Waals surface area contributed by atoms with Crippen LogP contribution in [0.25, 0.3) is 22.9 Å². The van der Waals surface area contributed by atoms with Crippen molar-refractivity contribution < 1.29 is 23.8 Å². The minimum Gasteiger partial charge on any atom is -0.463 e. The summed E-state index contributed by atoms with van der Waals surface area (Å²) in [6.45, 7) is 2.55. The van der Waals surface area contributed by atoms with Crippen LogP contribution in [0.3, 0.4) is 0 Å². The fourth-order valence-corrected chi connectivity index (χ4v) is 3.56. The van der Waals surface area contributed by atoms with Crippen LogP contribution in [0.2, 0.25) is 0 Å². The molecule has 170 valence electrons. The van der Waals surface area contributed by atoms with Gasteiger partial charge in [-0.15, -0.1) is 10.2 Å². The van der Waals surface area contributed by atoms with Crippen LogP contribution in [-0.4, -0.2) is 80.3 Å². The van der Waals surface area contributed by atoms with Crippen LogP contribution in [0.5, 0.6) is 0 Å².